The number of carbonyl (C=O) groups excluding carboxylic acids is 1. The summed E-state index contributed by atoms with van der Waals surface area (Å²) in [5.74, 6) is -1.34. The van der Waals surface area contributed by atoms with Crippen molar-refractivity contribution in [1.82, 2.24) is 9.29 Å². The van der Waals surface area contributed by atoms with Crippen LogP contribution in [0.2, 0.25) is 0 Å². The normalized spacial score (nSPS) is 13.0. The molecule has 0 aliphatic heterocycles. The fourth-order valence-electron chi connectivity index (χ4n) is 3.05. The van der Waals surface area contributed by atoms with E-state index in [9.17, 15) is 18.0 Å². The molecule has 3 rings (SSSR count). The second-order valence-electron chi connectivity index (χ2n) is 7.69. The van der Waals surface area contributed by atoms with E-state index in [-0.39, 0.29) is 16.4 Å². The molecule has 160 valence electrons. The maximum absolute atomic E-state index is 12.9. The van der Waals surface area contributed by atoms with Gasteiger partial charge in [0.1, 0.15) is 6.04 Å². The second-order valence-corrected chi connectivity index (χ2v) is 9.40. The summed E-state index contributed by atoms with van der Waals surface area (Å²) >= 11 is 0. The third kappa shape index (κ3) is 4.31. The molecule has 0 fully saturated rings. The van der Waals surface area contributed by atoms with Crippen molar-refractivity contribution < 1.29 is 17.6 Å². The summed E-state index contributed by atoms with van der Waals surface area (Å²) < 4.78 is 34.7. The van der Waals surface area contributed by atoms with Gasteiger partial charge in [0.2, 0.25) is 15.9 Å². The van der Waals surface area contributed by atoms with Gasteiger partial charge in [-0.3, -0.25) is 9.36 Å². The van der Waals surface area contributed by atoms with E-state index in [0.29, 0.717) is 11.2 Å². The van der Waals surface area contributed by atoms with E-state index in [1.54, 1.807) is 19.9 Å². The van der Waals surface area contributed by atoms with Crippen LogP contribution in [0.3, 0.4) is 0 Å². The van der Waals surface area contributed by atoms with Gasteiger partial charge in [0, 0.05) is 18.8 Å². The summed E-state index contributed by atoms with van der Waals surface area (Å²) in [4.78, 5) is 24.4. The topological polar surface area (TPSA) is 110 Å². The third-order valence-electron chi connectivity index (χ3n) is 5.08. The Bertz CT molecular complexity index is 1270. The van der Waals surface area contributed by atoms with E-state index in [2.05, 4.69) is 10.0 Å². The predicted octanol–water partition coefficient (Wildman–Crippen LogP) is 2.69. The van der Waals surface area contributed by atoms with Crippen molar-refractivity contribution >= 4 is 32.7 Å². The molecule has 0 saturated heterocycles. The van der Waals surface area contributed by atoms with E-state index in [4.69, 9.17) is 4.42 Å². The standard InChI is InChI=1S/C21H25N3O5S/c1-12(2)19(20(25)22-15-7-6-13(3)14(4)10-15)23-30(27,28)16-8-9-17-18(11-16)29-21(26)24(17)5/h6-12,19,23H,1-5H3,(H,22,25)/t19-/m0/s1. The Hall–Kier alpha value is -2.91. The zero-order chi connectivity index (χ0) is 22.2. The van der Waals surface area contributed by atoms with Crippen LogP contribution in [0.15, 0.2) is 50.5 Å². The molecule has 0 radical (unpaired) electrons. The highest BCUT2D eigenvalue weighted by Gasteiger charge is 2.29. The average Bonchev–Trinajstić information content (AvgIpc) is 2.96. The van der Waals surface area contributed by atoms with Gasteiger partial charge in [-0.1, -0.05) is 19.9 Å². The van der Waals surface area contributed by atoms with Gasteiger partial charge in [0.15, 0.2) is 5.58 Å². The van der Waals surface area contributed by atoms with Crippen molar-refractivity contribution in [3.05, 3.63) is 58.1 Å². The monoisotopic (exact) mass is 431 g/mol. The molecular weight excluding hydrogens is 406 g/mol. The van der Waals surface area contributed by atoms with Crippen LogP contribution in [-0.2, 0) is 21.9 Å². The lowest BCUT2D eigenvalue weighted by Gasteiger charge is -2.22. The number of rotatable bonds is 6. The fraction of sp³-hybridized carbons (Fsp3) is 0.333. The number of fused-ring (bicyclic) bond motifs is 1. The summed E-state index contributed by atoms with van der Waals surface area (Å²) in [5, 5.41) is 2.78. The van der Waals surface area contributed by atoms with E-state index in [0.717, 1.165) is 11.1 Å². The SMILES string of the molecule is Cc1ccc(NC(=O)[C@@H](NS(=O)(=O)c2ccc3c(c2)oc(=O)n3C)C(C)C)cc1C. The smallest absolute Gasteiger partial charge is 0.408 e. The van der Waals surface area contributed by atoms with Crippen molar-refractivity contribution in [3.8, 4) is 0 Å². The Kier molecular flexibility index (Phi) is 5.87. The Morgan fingerprint density at radius 2 is 1.77 bits per heavy atom. The van der Waals surface area contributed by atoms with E-state index in [1.165, 1.54) is 29.8 Å². The molecule has 0 saturated carbocycles. The number of aromatic nitrogens is 1. The number of oxazole rings is 1. The molecule has 1 atom stereocenters. The number of hydrogen-bond donors (Lipinski definition) is 2. The summed E-state index contributed by atoms with van der Waals surface area (Å²) in [6, 6.07) is 8.66. The second kappa shape index (κ2) is 8.08. The van der Waals surface area contributed by atoms with E-state index < -0.39 is 27.7 Å². The lowest BCUT2D eigenvalue weighted by atomic mass is 10.0. The molecule has 0 aliphatic carbocycles. The van der Waals surface area contributed by atoms with E-state index in [1.807, 2.05) is 26.0 Å². The molecule has 1 heterocycles. The first kappa shape index (κ1) is 21.8. The summed E-state index contributed by atoms with van der Waals surface area (Å²) in [5.41, 5.74) is 3.35. The number of anilines is 1. The third-order valence-corrected chi connectivity index (χ3v) is 6.52. The minimum absolute atomic E-state index is 0.0889. The van der Waals surface area contributed by atoms with Crippen LogP contribution in [-0.4, -0.2) is 24.9 Å². The minimum atomic E-state index is -4.03. The Morgan fingerprint density at radius 1 is 1.07 bits per heavy atom. The Balaban J connectivity index is 1.86. The number of sulfonamides is 1. The minimum Gasteiger partial charge on any atom is -0.408 e. The largest absolute Gasteiger partial charge is 0.419 e. The molecule has 2 N–H and O–H groups in total. The predicted molar refractivity (Wildman–Crippen MR) is 115 cm³/mol. The van der Waals surface area contributed by atoms with Crippen LogP contribution in [0, 0.1) is 19.8 Å². The average molecular weight is 432 g/mol. The molecule has 9 heteroatoms. The van der Waals surface area contributed by atoms with Crippen LogP contribution in [0.5, 0.6) is 0 Å². The molecule has 0 bridgehead atoms. The maximum Gasteiger partial charge on any atom is 0.419 e. The van der Waals surface area contributed by atoms with Crippen molar-refractivity contribution in [2.75, 3.05) is 5.32 Å². The van der Waals surface area contributed by atoms with Crippen molar-refractivity contribution in [1.29, 1.82) is 0 Å². The first-order valence-corrected chi connectivity index (χ1v) is 11.0. The fourth-order valence-corrected chi connectivity index (χ4v) is 4.41. The molecule has 0 unspecified atom stereocenters. The summed E-state index contributed by atoms with van der Waals surface area (Å²) in [6.45, 7) is 7.42. The first-order chi connectivity index (χ1) is 14.0. The zero-order valence-electron chi connectivity index (χ0n) is 17.5. The highest BCUT2D eigenvalue weighted by molar-refractivity contribution is 7.89. The quantitative estimate of drug-likeness (QED) is 0.623. The molecule has 8 nitrogen and oxygen atoms in total. The van der Waals surface area contributed by atoms with Gasteiger partial charge in [-0.15, -0.1) is 0 Å². The lowest BCUT2D eigenvalue weighted by molar-refractivity contribution is -0.118. The summed E-state index contributed by atoms with van der Waals surface area (Å²) in [6.07, 6.45) is 0. The van der Waals surface area contributed by atoms with Gasteiger partial charge in [-0.2, -0.15) is 4.72 Å². The molecular formula is C21H25N3O5S. The van der Waals surface area contributed by atoms with Crippen LogP contribution >= 0.6 is 0 Å². The van der Waals surface area contributed by atoms with Gasteiger partial charge in [0.05, 0.1) is 10.4 Å². The van der Waals surface area contributed by atoms with Crippen LogP contribution in [0.25, 0.3) is 11.1 Å². The van der Waals surface area contributed by atoms with Gasteiger partial charge in [0.25, 0.3) is 0 Å². The molecule has 2 aromatic carbocycles. The number of nitrogens with one attached hydrogen (secondary N) is 2. The van der Waals surface area contributed by atoms with Crippen LogP contribution in [0.4, 0.5) is 5.69 Å². The van der Waals surface area contributed by atoms with Crippen molar-refractivity contribution in [2.45, 2.75) is 38.6 Å². The number of aryl methyl sites for hydroxylation is 3. The van der Waals surface area contributed by atoms with Crippen LogP contribution < -0.4 is 15.8 Å². The number of carbonyl (C=O) groups is 1. The molecule has 0 aliphatic rings. The van der Waals surface area contributed by atoms with Gasteiger partial charge >= 0.3 is 5.76 Å². The lowest BCUT2D eigenvalue weighted by Crippen LogP contribution is -2.47. The van der Waals surface area contributed by atoms with E-state index >= 15 is 0 Å². The van der Waals surface area contributed by atoms with Crippen molar-refractivity contribution in [3.63, 3.8) is 0 Å². The number of nitrogens with zero attached hydrogens (tertiary/aromatic N) is 1. The number of hydrogen-bond acceptors (Lipinski definition) is 5. The van der Waals surface area contributed by atoms with Crippen LogP contribution in [0.1, 0.15) is 25.0 Å². The number of benzene rings is 2. The zero-order valence-corrected chi connectivity index (χ0v) is 18.3. The first-order valence-electron chi connectivity index (χ1n) is 9.49. The molecule has 1 aromatic heterocycles. The van der Waals surface area contributed by atoms with Gasteiger partial charge < -0.3 is 9.73 Å². The van der Waals surface area contributed by atoms with Crippen molar-refractivity contribution in [2.24, 2.45) is 13.0 Å². The Morgan fingerprint density at radius 3 is 2.40 bits per heavy atom. The summed E-state index contributed by atoms with van der Waals surface area (Å²) in [7, 11) is -2.50. The highest BCUT2D eigenvalue weighted by Crippen LogP contribution is 2.20. The molecule has 3 aromatic rings. The maximum atomic E-state index is 12.9. The molecule has 1 amide bonds. The van der Waals surface area contributed by atoms with Gasteiger partial charge in [-0.25, -0.2) is 13.2 Å². The van der Waals surface area contributed by atoms with Gasteiger partial charge in [-0.05, 0) is 55.2 Å². The highest BCUT2D eigenvalue weighted by atomic mass is 32.2. The molecule has 0 spiro atoms. The molecule has 30 heavy (non-hydrogen) atoms. The number of amides is 1. The Labute approximate surface area is 174 Å².